The van der Waals surface area contributed by atoms with Crippen LogP contribution in [0.3, 0.4) is 0 Å². The van der Waals surface area contributed by atoms with Crippen LogP contribution in [0.4, 0.5) is 5.69 Å². The Kier molecular flexibility index (Phi) is 4.91. The maximum absolute atomic E-state index is 11.0. The van der Waals surface area contributed by atoms with Gasteiger partial charge in [-0.05, 0) is 52.7 Å². The van der Waals surface area contributed by atoms with Gasteiger partial charge >= 0.3 is 5.97 Å². The first kappa shape index (κ1) is 15.9. The van der Waals surface area contributed by atoms with Crippen molar-refractivity contribution < 1.29 is 9.90 Å². The molecule has 0 aliphatic rings. The number of carboxylic acids is 1. The molecule has 110 valence electrons. The van der Waals surface area contributed by atoms with Crippen molar-refractivity contribution in [3.05, 3.63) is 63.1 Å². The van der Waals surface area contributed by atoms with Crippen molar-refractivity contribution in [2.45, 2.75) is 13.0 Å². The molecule has 0 spiro atoms. The van der Waals surface area contributed by atoms with Gasteiger partial charge in [0, 0.05) is 22.2 Å². The summed E-state index contributed by atoms with van der Waals surface area (Å²) in [6, 6.07) is 13.0. The number of nitrogens with zero attached hydrogens (tertiary/aromatic N) is 1. The standard InChI is InChI=1S/C16H15BrClNO2/c1-10(12-5-3-4-6-15(12)18)19(2)11-7-8-13(16(20)21)14(17)9-11/h3-10H,1-2H3,(H,20,21). The number of halogens is 2. The molecular formula is C16H15BrClNO2. The highest BCUT2D eigenvalue weighted by Crippen LogP contribution is 2.32. The normalized spacial score (nSPS) is 12.0. The van der Waals surface area contributed by atoms with Gasteiger partial charge in [-0.3, -0.25) is 0 Å². The Balaban J connectivity index is 2.32. The van der Waals surface area contributed by atoms with Crippen LogP contribution in [0, 0.1) is 0 Å². The molecule has 1 N–H and O–H groups in total. The van der Waals surface area contributed by atoms with Crippen LogP contribution in [0.25, 0.3) is 0 Å². The smallest absolute Gasteiger partial charge is 0.336 e. The van der Waals surface area contributed by atoms with Gasteiger partial charge in [0.2, 0.25) is 0 Å². The van der Waals surface area contributed by atoms with Gasteiger partial charge < -0.3 is 10.0 Å². The van der Waals surface area contributed by atoms with E-state index in [1.165, 1.54) is 0 Å². The highest BCUT2D eigenvalue weighted by molar-refractivity contribution is 9.10. The van der Waals surface area contributed by atoms with Crippen LogP contribution in [0.2, 0.25) is 5.02 Å². The molecule has 2 aromatic rings. The molecule has 0 amide bonds. The zero-order chi connectivity index (χ0) is 15.6. The number of rotatable bonds is 4. The SMILES string of the molecule is CC(c1ccccc1Cl)N(C)c1ccc(C(=O)O)c(Br)c1. The fourth-order valence-electron chi connectivity index (χ4n) is 2.14. The minimum atomic E-state index is -0.949. The average molecular weight is 369 g/mol. The first-order valence-electron chi connectivity index (χ1n) is 6.42. The van der Waals surface area contributed by atoms with Gasteiger partial charge in [-0.15, -0.1) is 0 Å². The van der Waals surface area contributed by atoms with Crippen LogP contribution in [-0.4, -0.2) is 18.1 Å². The van der Waals surface area contributed by atoms with Gasteiger partial charge in [-0.1, -0.05) is 29.8 Å². The number of anilines is 1. The number of carboxylic acid groups (broad SMARTS) is 1. The van der Waals surface area contributed by atoms with E-state index in [4.69, 9.17) is 16.7 Å². The number of hydrogen-bond donors (Lipinski definition) is 1. The molecule has 5 heteroatoms. The van der Waals surface area contributed by atoms with Gasteiger partial charge in [0.05, 0.1) is 11.6 Å². The van der Waals surface area contributed by atoms with E-state index >= 15 is 0 Å². The maximum Gasteiger partial charge on any atom is 0.336 e. The minimum Gasteiger partial charge on any atom is -0.478 e. The molecule has 0 fully saturated rings. The summed E-state index contributed by atoms with van der Waals surface area (Å²) >= 11 is 9.54. The fourth-order valence-corrected chi connectivity index (χ4v) is 2.97. The van der Waals surface area contributed by atoms with Gasteiger partial charge in [0.1, 0.15) is 0 Å². The van der Waals surface area contributed by atoms with Crippen molar-refractivity contribution in [3.63, 3.8) is 0 Å². The van der Waals surface area contributed by atoms with Crippen molar-refractivity contribution in [2.75, 3.05) is 11.9 Å². The van der Waals surface area contributed by atoms with Gasteiger partial charge in [0.25, 0.3) is 0 Å². The summed E-state index contributed by atoms with van der Waals surface area (Å²) in [4.78, 5) is 13.1. The summed E-state index contributed by atoms with van der Waals surface area (Å²) in [5.41, 5.74) is 2.19. The van der Waals surface area contributed by atoms with Crippen LogP contribution >= 0.6 is 27.5 Å². The summed E-state index contributed by atoms with van der Waals surface area (Å²) < 4.78 is 0.561. The molecule has 0 heterocycles. The second-order valence-corrected chi connectivity index (χ2v) is 6.04. The third-order valence-electron chi connectivity index (χ3n) is 3.53. The maximum atomic E-state index is 11.0. The Morgan fingerprint density at radius 3 is 2.52 bits per heavy atom. The Hall–Kier alpha value is -1.52. The zero-order valence-corrected chi connectivity index (χ0v) is 14.0. The largest absolute Gasteiger partial charge is 0.478 e. The molecule has 0 aliphatic carbocycles. The lowest BCUT2D eigenvalue weighted by Gasteiger charge is -2.28. The first-order valence-corrected chi connectivity index (χ1v) is 7.59. The Morgan fingerprint density at radius 2 is 1.95 bits per heavy atom. The summed E-state index contributed by atoms with van der Waals surface area (Å²) in [6.07, 6.45) is 0. The van der Waals surface area contributed by atoms with Gasteiger partial charge in [-0.25, -0.2) is 4.79 Å². The molecule has 0 aromatic heterocycles. The number of aromatic carboxylic acids is 1. The molecule has 1 unspecified atom stereocenters. The minimum absolute atomic E-state index is 0.0706. The van der Waals surface area contributed by atoms with Crippen molar-refractivity contribution in [1.29, 1.82) is 0 Å². The predicted molar refractivity (Wildman–Crippen MR) is 89.4 cm³/mol. The van der Waals surface area contributed by atoms with Crippen LogP contribution in [-0.2, 0) is 0 Å². The average Bonchev–Trinajstić information content (AvgIpc) is 2.45. The lowest BCUT2D eigenvalue weighted by Crippen LogP contribution is -2.22. The molecule has 21 heavy (non-hydrogen) atoms. The topological polar surface area (TPSA) is 40.5 Å². The Morgan fingerprint density at radius 1 is 1.29 bits per heavy atom. The Bertz CT molecular complexity index is 675. The fraction of sp³-hybridized carbons (Fsp3) is 0.188. The number of hydrogen-bond acceptors (Lipinski definition) is 2. The van der Waals surface area contributed by atoms with E-state index in [2.05, 4.69) is 27.8 Å². The first-order chi connectivity index (χ1) is 9.91. The molecule has 2 rings (SSSR count). The molecule has 0 bridgehead atoms. The van der Waals surface area contributed by atoms with Crippen LogP contribution in [0.15, 0.2) is 46.9 Å². The van der Waals surface area contributed by atoms with E-state index in [0.29, 0.717) is 4.47 Å². The molecule has 0 radical (unpaired) electrons. The third kappa shape index (κ3) is 3.39. The number of carbonyl (C=O) groups is 1. The summed E-state index contributed by atoms with van der Waals surface area (Å²) in [5.74, 6) is -0.949. The van der Waals surface area contributed by atoms with Crippen LogP contribution in [0.5, 0.6) is 0 Å². The summed E-state index contributed by atoms with van der Waals surface area (Å²) in [7, 11) is 1.95. The van der Waals surface area contributed by atoms with E-state index in [-0.39, 0.29) is 11.6 Å². The second kappa shape index (κ2) is 6.50. The zero-order valence-electron chi connectivity index (χ0n) is 11.7. The van der Waals surface area contributed by atoms with Gasteiger partial charge in [0.15, 0.2) is 0 Å². The van der Waals surface area contributed by atoms with Crippen LogP contribution < -0.4 is 4.90 Å². The molecule has 0 saturated carbocycles. The van der Waals surface area contributed by atoms with E-state index < -0.39 is 5.97 Å². The monoisotopic (exact) mass is 367 g/mol. The highest BCUT2D eigenvalue weighted by atomic mass is 79.9. The summed E-state index contributed by atoms with van der Waals surface area (Å²) in [5, 5.41) is 9.78. The molecule has 0 saturated heterocycles. The lowest BCUT2D eigenvalue weighted by molar-refractivity contribution is 0.0696. The molecule has 3 nitrogen and oxygen atoms in total. The highest BCUT2D eigenvalue weighted by Gasteiger charge is 2.17. The van der Waals surface area contributed by atoms with Crippen molar-refractivity contribution in [2.24, 2.45) is 0 Å². The Labute approximate surface area is 137 Å². The lowest BCUT2D eigenvalue weighted by atomic mass is 10.1. The molecule has 1 atom stereocenters. The van der Waals surface area contributed by atoms with E-state index in [1.807, 2.05) is 31.3 Å². The van der Waals surface area contributed by atoms with Crippen molar-refractivity contribution in [3.8, 4) is 0 Å². The molecule has 2 aromatic carbocycles. The van der Waals surface area contributed by atoms with E-state index in [1.54, 1.807) is 18.2 Å². The summed E-state index contributed by atoms with van der Waals surface area (Å²) in [6.45, 7) is 2.06. The predicted octanol–water partition coefficient (Wildman–Crippen LogP) is 5.00. The second-order valence-electron chi connectivity index (χ2n) is 4.78. The van der Waals surface area contributed by atoms with Gasteiger partial charge in [-0.2, -0.15) is 0 Å². The molecular weight excluding hydrogens is 354 g/mol. The third-order valence-corrected chi connectivity index (χ3v) is 4.53. The van der Waals surface area contributed by atoms with E-state index in [0.717, 1.165) is 16.3 Å². The van der Waals surface area contributed by atoms with Crippen LogP contribution in [0.1, 0.15) is 28.9 Å². The van der Waals surface area contributed by atoms with E-state index in [9.17, 15) is 4.79 Å². The number of benzene rings is 2. The molecule has 0 aliphatic heterocycles. The quantitative estimate of drug-likeness (QED) is 0.825. The van der Waals surface area contributed by atoms with Crippen molar-refractivity contribution in [1.82, 2.24) is 0 Å². The van der Waals surface area contributed by atoms with Crippen molar-refractivity contribution >= 4 is 39.2 Å².